The molecule has 0 bridgehead atoms. The number of rotatable bonds is 13. The van der Waals surface area contributed by atoms with Gasteiger partial charge in [0.2, 0.25) is 0 Å². The number of benzene rings is 6. The van der Waals surface area contributed by atoms with Gasteiger partial charge in [-0.3, -0.25) is 14.4 Å². The summed E-state index contributed by atoms with van der Waals surface area (Å²) in [5.41, 5.74) is 3.45. The number of hydrogen-bond acceptors (Lipinski definition) is 9. The molecule has 6 rings (SSSR count). The molecule has 0 saturated heterocycles. The largest absolute Gasteiger partial charge is 0.388 e. The van der Waals surface area contributed by atoms with E-state index in [1.54, 1.807) is 160 Å². The zero-order valence-electron chi connectivity index (χ0n) is 37.9. The normalized spacial score (nSPS) is 11.4. The molecular formula is C54H66O9. The highest BCUT2D eigenvalue weighted by molar-refractivity contribution is 6.01. The topological polar surface area (TPSA) is 140 Å². The van der Waals surface area contributed by atoms with Gasteiger partial charge in [0.1, 0.15) is 18.3 Å². The minimum atomic E-state index is -1.08. The van der Waals surface area contributed by atoms with Crippen LogP contribution in [0.25, 0.3) is 0 Å². The van der Waals surface area contributed by atoms with Gasteiger partial charge in [-0.15, -0.1) is 0 Å². The van der Waals surface area contributed by atoms with Gasteiger partial charge in [0.25, 0.3) is 0 Å². The first-order chi connectivity index (χ1) is 30.3. The third-order valence-electron chi connectivity index (χ3n) is 8.22. The summed E-state index contributed by atoms with van der Waals surface area (Å²) in [5.74, 6) is -0.814. The summed E-state index contributed by atoms with van der Waals surface area (Å²) in [6, 6.07) is 53.2. The number of carbonyl (C=O) groups excluding carboxylic acids is 3. The number of ketones is 3. The van der Waals surface area contributed by atoms with E-state index in [4.69, 9.17) is 9.47 Å². The number of ether oxygens (including phenoxy) is 3. The molecule has 3 unspecified atom stereocenters. The first-order valence-corrected chi connectivity index (χ1v) is 20.9. The fraction of sp³-hybridized carbons (Fsp3) is 0.278. The van der Waals surface area contributed by atoms with Crippen molar-refractivity contribution in [2.45, 2.75) is 72.1 Å². The molecular weight excluding hydrogens is 793 g/mol. The second-order valence-electron chi connectivity index (χ2n) is 14.1. The Morgan fingerprint density at radius 1 is 0.397 bits per heavy atom. The molecule has 0 saturated carbocycles. The quantitative estimate of drug-likeness (QED) is 0.0968. The van der Waals surface area contributed by atoms with E-state index in [9.17, 15) is 29.7 Å². The Balaban J connectivity index is 0.000000408. The van der Waals surface area contributed by atoms with Gasteiger partial charge in [0, 0.05) is 44.1 Å². The van der Waals surface area contributed by atoms with E-state index in [1.807, 2.05) is 77.9 Å². The first kappa shape index (κ1) is 55.1. The Morgan fingerprint density at radius 3 is 0.730 bits per heavy atom. The Kier molecular flexibility index (Phi) is 29.5. The van der Waals surface area contributed by atoms with Crippen LogP contribution in [0.15, 0.2) is 182 Å². The number of carbonyl (C=O) groups is 3. The van der Waals surface area contributed by atoms with Gasteiger partial charge in [0.05, 0.1) is 12.2 Å². The van der Waals surface area contributed by atoms with Crippen molar-refractivity contribution < 1.29 is 43.9 Å². The molecule has 0 aromatic heterocycles. The van der Waals surface area contributed by atoms with Gasteiger partial charge in [-0.05, 0) is 58.2 Å². The highest BCUT2D eigenvalue weighted by Crippen LogP contribution is 2.20. The predicted molar refractivity (Wildman–Crippen MR) is 253 cm³/mol. The molecule has 3 N–H and O–H groups in total. The van der Waals surface area contributed by atoms with Crippen LogP contribution in [-0.4, -0.2) is 72.3 Å². The SMILES string of the molecule is CC(C)OC(C)C.CCOCC.COC.O=C(c1ccccc1)C(O)c1ccccc1.O=C(c1ccccc1)C(O)c1ccccc1.O=C(c1ccccc1)C(O)c1ccccc1. The number of hydrogen-bond donors (Lipinski definition) is 3. The lowest BCUT2D eigenvalue weighted by atomic mass is 10.0. The molecule has 0 amide bonds. The van der Waals surface area contributed by atoms with Crippen LogP contribution >= 0.6 is 0 Å². The second-order valence-corrected chi connectivity index (χ2v) is 14.1. The van der Waals surface area contributed by atoms with Gasteiger partial charge < -0.3 is 29.5 Å². The molecule has 9 heteroatoms. The lowest BCUT2D eigenvalue weighted by Gasteiger charge is -2.09. The van der Waals surface area contributed by atoms with Gasteiger partial charge in [-0.2, -0.15) is 0 Å². The summed E-state index contributed by atoms with van der Waals surface area (Å²) in [7, 11) is 3.25. The van der Waals surface area contributed by atoms with Crippen molar-refractivity contribution in [3.8, 4) is 0 Å². The van der Waals surface area contributed by atoms with Crippen molar-refractivity contribution in [1.82, 2.24) is 0 Å². The Hall–Kier alpha value is -5.91. The van der Waals surface area contributed by atoms with Crippen LogP contribution in [0.4, 0.5) is 0 Å². The molecule has 63 heavy (non-hydrogen) atoms. The molecule has 6 aromatic carbocycles. The molecule has 3 atom stereocenters. The van der Waals surface area contributed by atoms with Crippen molar-refractivity contribution in [2.75, 3.05) is 27.4 Å². The van der Waals surface area contributed by atoms with Crippen molar-refractivity contribution in [1.29, 1.82) is 0 Å². The molecule has 6 aromatic rings. The maximum absolute atomic E-state index is 11.9. The minimum absolute atomic E-state index is 0.271. The van der Waals surface area contributed by atoms with Gasteiger partial charge >= 0.3 is 0 Å². The highest BCUT2D eigenvalue weighted by atomic mass is 16.5. The molecule has 0 aliphatic heterocycles. The molecule has 0 aliphatic rings. The number of methoxy groups -OCH3 is 1. The van der Waals surface area contributed by atoms with E-state index in [0.29, 0.717) is 45.6 Å². The van der Waals surface area contributed by atoms with Crippen LogP contribution in [0.5, 0.6) is 0 Å². The van der Waals surface area contributed by atoms with Crippen molar-refractivity contribution in [2.24, 2.45) is 0 Å². The maximum atomic E-state index is 11.9. The Morgan fingerprint density at radius 2 is 0.587 bits per heavy atom. The molecule has 0 fully saturated rings. The van der Waals surface area contributed by atoms with E-state index >= 15 is 0 Å². The molecule has 0 radical (unpaired) electrons. The van der Waals surface area contributed by atoms with Gasteiger partial charge in [0.15, 0.2) is 17.3 Å². The van der Waals surface area contributed by atoms with E-state index < -0.39 is 18.3 Å². The van der Waals surface area contributed by atoms with Crippen molar-refractivity contribution >= 4 is 17.3 Å². The third-order valence-corrected chi connectivity index (χ3v) is 8.22. The van der Waals surface area contributed by atoms with E-state index in [2.05, 4.69) is 4.74 Å². The monoisotopic (exact) mass is 858 g/mol. The Bertz CT molecular complexity index is 1800. The van der Waals surface area contributed by atoms with Crippen LogP contribution in [0.1, 0.15) is 108 Å². The number of Topliss-reactive ketones (excluding diaryl/α,β-unsaturated/α-hetero) is 3. The molecule has 0 spiro atoms. The summed E-state index contributed by atoms with van der Waals surface area (Å²) in [6.07, 6.45) is -2.49. The third kappa shape index (κ3) is 23.2. The summed E-state index contributed by atoms with van der Waals surface area (Å²) >= 11 is 0. The smallest absolute Gasteiger partial charge is 0.195 e. The van der Waals surface area contributed by atoms with Crippen molar-refractivity contribution in [3.05, 3.63) is 215 Å². The molecule has 336 valence electrons. The van der Waals surface area contributed by atoms with E-state index in [-0.39, 0.29) is 17.3 Å². The predicted octanol–water partition coefficient (Wildman–Crippen LogP) is 10.9. The Labute approximate surface area is 375 Å². The molecule has 9 nitrogen and oxygen atoms in total. The summed E-state index contributed by atoms with van der Waals surface area (Å²) in [5, 5.41) is 29.7. The van der Waals surface area contributed by atoms with E-state index in [0.717, 1.165) is 13.2 Å². The summed E-state index contributed by atoms with van der Waals surface area (Å²) in [6.45, 7) is 13.8. The molecule has 0 aliphatic carbocycles. The van der Waals surface area contributed by atoms with Gasteiger partial charge in [-0.25, -0.2) is 0 Å². The zero-order valence-corrected chi connectivity index (χ0v) is 37.9. The molecule has 0 heterocycles. The van der Waals surface area contributed by atoms with Gasteiger partial charge in [-0.1, -0.05) is 182 Å². The number of aliphatic hydroxyl groups is 3. The van der Waals surface area contributed by atoms with Crippen LogP contribution in [-0.2, 0) is 14.2 Å². The average Bonchev–Trinajstić information content (AvgIpc) is 3.32. The highest BCUT2D eigenvalue weighted by Gasteiger charge is 2.20. The minimum Gasteiger partial charge on any atom is -0.388 e. The second kappa shape index (κ2) is 33.7. The summed E-state index contributed by atoms with van der Waals surface area (Å²) in [4.78, 5) is 35.7. The fourth-order valence-corrected chi connectivity index (χ4v) is 5.39. The van der Waals surface area contributed by atoms with Crippen LogP contribution in [0.2, 0.25) is 0 Å². The fourth-order valence-electron chi connectivity index (χ4n) is 5.39. The van der Waals surface area contributed by atoms with Crippen LogP contribution < -0.4 is 0 Å². The van der Waals surface area contributed by atoms with Crippen LogP contribution in [0.3, 0.4) is 0 Å². The summed E-state index contributed by atoms with van der Waals surface area (Å²) < 4.78 is 14.3. The zero-order chi connectivity index (χ0) is 46.8. The lowest BCUT2D eigenvalue weighted by Crippen LogP contribution is -2.11. The van der Waals surface area contributed by atoms with E-state index in [1.165, 1.54) is 0 Å². The standard InChI is InChI=1S/3C14H12O2.C6H14O.C4H10O.C2H6O/c3*15-13(11-7-3-1-4-8-11)14(16)12-9-5-2-6-10-12;1-5(2)7-6(3)4;1-3-5-4-2;1-3-2/h3*1-10,13,15H;5-6H,1-4H3;3-4H2,1-2H3;1-2H3. The maximum Gasteiger partial charge on any atom is 0.195 e. The van der Waals surface area contributed by atoms with Crippen molar-refractivity contribution in [3.63, 3.8) is 0 Å². The first-order valence-electron chi connectivity index (χ1n) is 20.9. The van der Waals surface area contributed by atoms with Crippen LogP contribution in [0, 0.1) is 0 Å². The average molecular weight is 859 g/mol. The number of aliphatic hydroxyl groups excluding tert-OH is 3. The lowest BCUT2D eigenvalue weighted by molar-refractivity contribution is 0.0300.